The molecule has 2 fully saturated rings. The van der Waals surface area contributed by atoms with Gasteiger partial charge in [0.15, 0.2) is 0 Å². The van der Waals surface area contributed by atoms with Crippen molar-refractivity contribution >= 4 is 0 Å². The Balaban J connectivity index is 1.98. The fourth-order valence-corrected chi connectivity index (χ4v) is 3.67. The highest BCUT2D eigenvalue weighted by atomic mass is 19.3. The summed E-state index contributed by atoms with van der Waals surface area (Å²) < 4.78 is 51.7. The van der Waals surface area contributed by atoms with Crippen LogP contribution in [0, 0.1) is 5.92 Å². The molecular formula is C15H26F4N2. The van der Waals surface area contributed by atoms with Gasteiger partial charge in [-0.1, -0.05) is 26.2 Å². The molecule has 2 rings (SSSR count). The molecule has 1 saturated carbocycles. The lowest BCUT2D eigenvalue weighted by molar-refractivity contribution is -0.150. The van der Waals surface area contributed by atoms with E-state index < -0.39 is 18.9 Å². The van der Waals surface area contributed by atoms with E-state index in [0.29, 0.717) is 25.4 Å². The van der Waals surface area contributed by atoms with Crippen molar-refractivity contribution in [2.45, 2.75) is 69.9 Å². The van der Waals surface area contributed by atoms with Crippen molar-refractivity contribution in [3.8, 4) is 0 Å². The molecule has 1 saturated heterocycles. The third-order valence-electron chi connectivity index (χ3n) is 4.99. The minimum Gasteiger partial charge on any atom is -0.311 e. The maximum absolute atomic E-state index is 13.4. The van der Waals surface area contributed by atoms with Crippen LogP contribution in [0.1, 0.15) is 45.4 Å². The van der Waals surface area contributed by atoms with Gasteiger partial charge in [0.1, 0.15) is 0 Å². The lowest BCUT2D eigenvalue weighted by atomic mass is 9.82. The van der Waals surface area contributed by atoms with Crippen LogP contribution in [-0.2, 0) is 0 Å². The summed E-state index contributed by atoms with van der Waals surface area (Å²) >= 11 is 0. The lowest BCUT2D eigenvalue weighted by Gasteiger charge is -2.44. The average molecular weight is 310 g/mol. The number of rotatable bonds is 5. The van der Waals surface area contributed by atoms with Crippen molar-refractivity contribution in [3.63, 3.8) is 0 Å². The number of nitrogens with one attached hydrogen (secondary N) is 1. The molecule has 2 unspecified atom stereocenters. The molecule has 124 valence electrons. The molecule has 1 N–H and O–H groups in total. The number of hydrogen-bond acceptors (Lipinski definition) is 2. The average Bonchev–Trinajstić information content (AvgIpc) is 2.47. The molecule has 0 aromatic heterocycles. The third-order valence-corrected chi connectivity index (χ3v) is 4.99. The first kappa shape index (κ1) is 17.0. The van der Waals surface area contributed by atoms with Gasteiger partial charge >= 0.3 is 12.3 Å². The standard InChI is InChI=1S/C15H26F4N2/c1-2-12-8-20-13(11-6-4-3-5-7-11)9-21(12)10-15(18,19)14(16)17/h11-14,20H,2-10H2,1H3. The molecule has 2 aliphatic rings. The van der Waals surface area contributed by atoms with E-state index >= 15 is 0 Å². The molecule has 0 radical (unpaired) electrons. The van der Waals surface area contributed by atoms with Gasteiger partial charge in [-0.3, -0.25) is 4.90 Å². The molecule has 21 heavy (non-hydrogen) atoms. The van der Waals surface area contributed by atoms with Gasteiger partial charge < -0.3 is 5.32 Å². The van der Waals surface area contributed by atoms with E-state index in [1.807, 2.05) is 6.92 Å². The molecular weight excluding hydrogens is 284 g/mol. The van der Waals surface area contributed by atoms with Gasteiger partial charge in [0, 0.05) is 25.2 Å². The van der Waals surface area contributed by atoms with Crippen molar-refractivity contribution in [1.29, 1.82) is 0 Å². The second kappa shape index (κ2) is 7.27. The number of piperazine rings is 1. The highest BCUT2D eigenvalue weighted by Gasteiger charge is 2.45. The van der Waals surface area contributed by atoms with E-state index in [1.54, 1.807) is 4.90 Å². The van der Waals surface area contributed by atoms with Crippen LogP contribution in [0.3, 0.4) is 0 Å². The summed E-state index contributed by atoms with van der Waals surface area (Å²) in [6.07, 6.45) is 2.97. The van der Waals surface area contributed by atoms with E-state index in [4.69, 9.17) is 0 Å². The summed E-state index contributed by atoms with van der Waals surface area (Å²) in [5, 5.41) is 3.46. The van der Waals surface area contributed by atoms with Crippen LogP contribution < -0.4 is 5.32 Å². The summed E-state index contributed by atoms with van der Waals surface area (Å²) in [5.74, 6) is -3.42. The number of nitrogens with zero attached hydrogens (tertiary/aromatic N) is 1. The van der Waals surface area contributed by atoms with Crippen LogP contribution in [0.4, 0.5) is 17.6 Å². The van der Waals surface area contributed by atoms with Gasteiger partial charge in [-0.25, -0.2) is 8.78 Å². The van der Waals surface area contributed by atoms with E-state index in [1.165, 1.54) is 19.3 Å². The van der Waals surface area contributed by atoms with Gasteiger partial charge in [0.2, 0.25) is 0 Å². The van der Waals surface area contributed by atoms with Crippen molar-refractivity contribution in [2.24, 2.45) is 5.92 Å². The lowest BCUT2D eigenvalue weighted by Crippen LogP contribution is -2.61. The molecule has 0 bridgehead atoms. The summed E-state index contributed by atoms with van der Waals surface area (Å²) in [7, 11) is 0. The van der Waals surface area contributed by atoms with Crippen LogP contribution in [0.25, 0.3) is 0 Å². The van der Waals surface area contributed by atoms with Crippen LogP contribution in [0.5, 0.6) is 0 Å². The Labute approximate surface area is 124 Å². The van der Waals surface area contributed by atoms with E-state index in [0.717, 1.165) is 12.8 Å². The Hall–Kier alpha value is -0.360. The first-order valence-electron chi connectivity index (χ1n) is 8.07. The molecule has 0 aromatic rings. The van der Waals surface area contributed by atoms with E-state index in [2.05, 4.69) is 5.32 Å². The minimum absolute atomic E-state index is 0.0746. The first-order valence-corrected chi connectivity index (χ1v) is 8.07. The molecule has 1 aliphatic heterocycles. The Morgan fingerprint density at radius 3 is 2.43 bits per heavy atom. The van der Waals surface area contributed by atoms with Crippen molar-refractivity contribution in [2.75, 3.05) is 19.6 Å². The highest BCUT2D eigenvalue weighted by Crippen LogP contribution is 2.31. The maximum Gasteiger partial charge on any atom is 0.319 e. The minimum atomic E-state index is -3.91. The summed E-state index contributed by atoms with van der Waals surface area (Å²) in [6.45, 7) is 2.18. The quantitative estimate of drug-likeness (QED) is 0.782. The SMILES string of the molecule is CCC1CNC(C2CCCCC2)CN1CC(F)(F)C(F)F. The predicted molar refractivity (Wildman–Crippen MR) is 75.0 cm³/mol. The molecule has 1 aliphatic carbocycles. The molecule has 0 spiro atoms. The molecule has 2 atom stereocenters. The van der Waals surface area contributed by atoms with Crippen molar-refractivity contribution in [3.05, 3.63) is 0 Å². The zero-order chi connectivity index (χ0) is 15.5. The summed E-state index contributed by atoms with van der Waals surface area (Å²) in [5.41, 5.74) is 0. The molecule has 2 nitrogen and oxygen atoms in total. The van der Waals surface area contributed by atoms with Crippen LogP contribution in [0.15, 0.2) is 0 Å². The van der Waals surface area contributed by atoms with Gasteiger partial charge in [-0.05, 0) is 25.2 Å². The van der Waals surface area contributed by atoms with Crippen LogP contribution in [-0.4, -0.2) is 49.0 Å². The largest absolute Gasteiger partial charge is 0.319 e. The van der Waals surface area contributed by atoms with E-state index in [9.17, 15) is 17.6 Å². The summed E-state index contributed by atoms with van der Waals surface area (Å²) in [4.78, 5) is 1.59. The fraction of sp³-hybridized carbons (Fsp3) is 1.00. The van der Waals surface area contributed by atoms with Crippen LogP contribution >= 0.6 is 0 Å². The van der Waals surface area contributed by atoms with Crippen LogP contribution in [0.2, 0.25) is 0 Å². The zero-order valence-corrected chi connectivity index (χ0v) is 12.6. The Morgan fingerprint density at radius 1 is 1.19 bits per heavy atom. The molecule has 0 aromatic carbocycles. The summed E-state index contributed by atoms with van der Waals surface area (Å²) in [6, 6.07) is 0.0936. The molecule has 6 heteroatoms. The van der Waals surface area contributed by atoms with Gasteiger partial charge in [0.25, 0.3) is 0 Å². The number of halogens is 4. The van der Waals surface area contributed by atoms with Gasteiger partial charge in [0.05, 0.1) is 6.54 Å². The van der Waals surface area contributed by atoms with Crippen molar-refractivity contribution < 1.29 is 17.6 Å². The normalized spacial score (nSPS) is 30.0. The second-order valence-corrected chi connectivity index (χ2v) is 6.47. The van der Waals surface area contributed by atoms with Crippen molar-refractivity contribution in [1.82, 2.24) is 10.2 Å². The maximum atomic E-state index is 13.4. The van der Waals surface area contributed by atoms with E-state index in [-0.39, 0.29) is 12.1 Å². The first-order chi connectivity index (χ1) is 9.94. The highest BCUT2D eigenvalue weighted by molar-refractivity contribution is 4.92. The molecule has 1 heterocycles. The Bertz CT molecular complexity index is 319. The Kier molecular flexibility index (Phi) is 5.88. The second-order valence-electron chi connectivity index (χ2n) is 6.47. The molecule has 0 amide bonds. The third kappa shape index (κ3) is 4.31. The predicted octanol–water partition coefficient (Wildman–Crippen LogP) is 3.52. The van der Waals surface area contributed by atoms with Gasteiger partial charge in [-0.15, -0.1) is 0 Å². The van der Waals surface area contributed by atoms with Gasteiger partial charge in [-0.2, -0.15) is 8.78 Å². The zero-order valence-electron chi connectivity index (χ0n) is 12.6. The number of hydrogen-bond donors (Lipinski definition) is 1. The topological polar surface area (TPSA) is 15.3 Å². The smallest absolute Gasteiger partial charge is 0.311 e. The monoisotopic (exact) mass is 310 g/mol. The Morgan fingerprint density at radius 2 is 1.86 bits per heavy atom. The fourth-order valence-electron chi connectivity index (χ4n) is 3.67. The number of alkyl halides is 4.